The summed E-state index contributed by atoms with van der Waals surface area (Å²) < 4.78 is 15.2. The summed E-state index contributed by atoms with van der Waals surface area (Å²) in [6, 6.07) is 0. The normalized spacial score (nSPS) is 15.5. The molecule has 0 aliphatic carbocycles. The van der Waals surface area contributed by atoms with E-state index in [0.717, 1.165) is 0 Å². The maximum Gasteiger partial charge on any atom is 0.374 e. The summed E-state index contributed by atoms with van der Waals surface area (Å²) in [5.41, 5.74) is 0.533. The average Bonchev–Trinajstić information content (AvgIpc) is 2.92. The van der Waals surface area contributed by atoms with Crippen LogP contribution in [0.25, 0.3) is 0 Å². The van der Waals surface area contributed by atoms with Crippen LogP contribution < -0.4 is 5.32 Å². The predicted molar refractivity (Wildman–Crippen MR) is 77.4 cm³/mol. The van der Waals surface area contributed by atoms with Crippen LogP contribution in [0.3, 0.4) is 0 Å². The molecule has 1 aliphatic rings. The minimum absolute atomic E-state index is 0.0520. The monoisotopic (exact) mass is 311 g/mol. The third-order valence-electron chi connectivity index (χ3n) is 3.37. The van der Waals surface area contributed by atoms with Crippen molar-refractivity contribution in [3.63, 3.8) is 0 Å². The van der Waals surface area contributed by atoms with Gasteiger partial charge >= 0.3 is 5.97 Å². The number of esters is 1. The van der Waals surface area contributed by atoms with Gasteiger partial charge in [0.25, 0.3) is 0 Å². The lowest BCUT2D eigenvalue weighted by Gasteiger charge is -2.20. The molecule has 0 saturated carbocycles. The van der Waals surface area contributed by atoms with Gasteiger partial charge in [0, 0.05) is 26.2 Å². The first kappa shape index (κ1) is 16.4. The highest BCUT2D eigenvalue weighted by molar-refractivity contribution is 5.93. The van der Waals surface area contributed by atoms with E-state index >= 15 is 0 Å². The van der Waals surface area contributed by atoms with Crippen LogP contribution >= 0.6 is 0 Å². The van der Waals surface area contributed by atoms with Gasteiger partial charge in [0.2, 0.25) is 11.7 Å². The Morgan fingerprint density at radius 3 is 2.77 bits per heavy atom. The van der Waals surface area contributed by atoms with Crippen molar-refractivity contribution in [2.45, 2.75) is 26.4 Å². The number of anilines is 1. The minimum Gasteiger partial charge on any atom is -0.460 e. The molecule has 0 spiro atoms. The number of nitrogens with zero attached hydrogens (tertiary/aromatic N) is 1. The van der Waals surface area contributed by atoms with E-state index in [1.807, 2.05) is 0 Å². The molecule has 8 heteroatoms. The topological polar surface area (TPSA) is 103 Å². The van der Waals surface area contributed by atoms with E-state index in [-0.39, 0.29) is 30.9 Å². The van der Waals surface area contributed by atoms with E-state index < -0.39 is 5.97 Å². The molecule has 1 amide bonds. The van der Waals surface area contributed by atoms with E-state index in [2.05, 4.69) is 15.3 Å². The molecule has 0 aromatic carbocycles. The SMILES string of the molecule is CCOC(=O)c1nc(NC(=O)C2CCOCC2)c(COC)[nH]1. The smallest absolute Gasteiger partial charge is 0.374 e. The zero-order valence-corrected chi connectivity index (χ0v) is 12.8. The first-order valence-corrected chi connectivity index (χ1v) is 7.29. The average molecular weight is 311 g/mol. The lowest BCUT2D eigenvalue weighted by Crippen LogP contribution is -2.29. The highest BCUT2D eigenvalue weighted by atomic mass is 16.5. The quantitative estimate of drug-likeness (QED) is 0.763. The Morgan fingerprint density at radius 1 is 1.41 bits per heavy atom. The number of hydrogen-bond donors (Lipinski definition) is 2. The fourth-order valence-electron chi connectivity index (χ4n) is 2.24. The van der Waals surface area contributed by atoms with E-state index in [1.165, 1.54) is 7.11 Å². The molecule has 122 valence electrons. The Balaban J connectivity index is 2.10. The number of rotatable bonds is 6. The second kappa shape index (κ2) is 7.90. The second-order valence-electron chi connectivity index (χ2n) is 4.94. The number of nitrogens with one attached hydrogen (secondary N) is 2. The lowest BCUT2D eigenvalue weighted by atomic mass is 9.99. The van der Waals surface area contributed by atoms with Crippen molar-refractivity contribution in [2.24, 2.45) is 5.92 Å². The Bertz CT molecular complexity index is 523. The summed E-state index contributed by atoms with van der Waals surface area (Å²) in [6.45, 7) is 3.33. The third-order valence-corrected chi connectivity index (χ3v) is 3.37. The largest absolute Gasteiger partial charge is 0.460 e. The van der Waals surface area contributed by atoms with Crippen LogP contribution in [0.15, 0.2) is 0 Å². The number of H-pyrrole nitrogens is 1. The van der Waals surface area contributed by atoms with Crippen LogP contribution in [0, 0.1) is 5.92 Å². The van der Waals surface area contributed by atoms with Gasteiger partial charge in [0.1, 0.15) is 0 Å². The molecule has 1 aliphatic heterocycles. The highest BCUT2D eigenvalue weighted by Crippen LogP contribution is 2.19. The fraction of sp³-hybridized carbons (Fsp3) is 0.643. The van der Waals surface area contributed by atoms with Gasteiger partial charge in [-0.15, -0.1) is 0 Å². The number of imidazole rings is 1. The first-order chi connectivity index (χ1) is 10.7. The standard InChI is InChI=1S/C14H21N3O5/c1-3-22-14(19)12-15-10(8-20-2)11(16-12)17-13(18)9-4-6-21-7-5-9/h9H,3-8H2,1-2H3,(H,15,16)(H,17,18). The molecular weight excluding hydrogens is 290 g/mol. The molecule has 2 rings (SSSR count). The van der Waals surface area contributed by atoms with E-state index in [9.17, 15) is 9.59 Å². The van der Waals surface area contributed by atoms with Crippen LogP contribution in [0.2, 0.25) is 0 Å². The van der Waals surface area contributed by atoms with Crippen molar-refractivity contribution in [1.29, 1.82) is 0 Å². The number of carbonyl (C=O) groups is 2. The van der Waals surface area contributed by atoms with E-state index in [1.54, 1.807) is 6.92 Å². The van der Waals surface area contributed by atoms with Gasteiger partial charge in [-0.3, -0.25) is 4.79 Å². The van der Waals surface area contributed by atoms with Crippen LogP contribution in [-0.4, -0.2) is 48.8 Å². The second-order valence-corrected chi connectivity index (χ2v) is 4.94. The number of carbonyl (C=O) groups excluding carboxylic acids is 2. The highest BCUT2D eigenvalue weighted by Gasteiger charge is 2.24. The van der Waals surface area contributed by atoms with Crippen molar-refractivity contribution in [3.8, 4) is 0 Å². The van der Waals surface area contributed by atoms with Crippen molar-refractivity contribution in [3.05, 3.63) is 11.5 Å². The van der Waals surface area contributed by atoms with Crippen LogP contribution in [0.4, 0.5) is 5.82 Å². The molecule has 1 aromatic heterocycles. The van der Waals surface area contributed by atoms with Gasteiger partial charge in [-0.2, -0.15) is 0 Å². The van der Waals surface area contributed by atoms with E-state index in [4.69, 9.17) is 14.2 Å². The molecule has 0 radical (unpaired) electrons. The van der Waals surface area contributed by atoms with Crippen molar-refractivity contribution in [2.75, 3.05) is 32.2 Å². The number of ether oxygens (including phenoxy) is 3. The Kier molecular flexibility index (Phi) is 5.91. The molecule has 0 atom stereocenters. The summed E-state index contributed by atoms with van der Waals surface area (Å²) in [5.74, 6) is -0.432. The molecule has 1 aromatic rings. The Morgan fingerprint density at radius 2 is 2.14 bits per heavy atom. The number of hydrogen-bond acceptors (Lipinski definition) is 6. The zero-order valence-electron chi connectivity index (χ0n) is 12.8. The molecule has 1 fully saturated rings. The van der Waals surface area contributed by atoms with Crippen molar-refractivity contribution < 1.29 is 23.8 Å². The van der Waals surface area contributed by atoms with Gasteiger partial charge in [0.15, 0.2) is 5.82 Å². The minimum atomic E-state index is -0.564. The Hall–Kier alpha value is -1.93. The molecular formula is C14H21N3O5. The fourth-order valence-corrected chi connectivity index (χ4v) is 2.24. The van der Waals surface area contributed by atoms with Crippen LogP contribution in [0.5, 0.6) is 0 Å². The number of aromatic amines is 1. The summed E-state index contributed by atoms with van der Waals surface area (Å²) in [7, 11) is 1.52. The predicted octanol–water partition coefficient (Wildman–Crippen LogP) is 1.10. The zero-order chi connectivity index (χ0) is 15.9. The molecule has 2 heterocycles. The first-order valence-electron chi connectivity index (χ1n) is 7.29. The van der Waals surface area contributed by atoms with Gasteiger partial charge in [-0.1, -0.05) is 0 Å². The van der Waals surface area contributed by atoms with Crippen LogP contribution in [0.1, 0.15) is 36.1 Å². The summed E-state index contributed by atoms with van der Waals surface area (Å²) >= 11 is 0. The molecule has 22 heavy (non-hydrogen) atoms. The molecule has 0 bridgehead atoms. The molecule has 0 unspecified atom stereocenters. The van der Waals surface area contributed by atoms with Gasteiger partial charge < -0.3 is 24.5 Å². The van der Waals surface area contributed by atoms with Gasteiger partial charge in [0.05, 0.1) is 18.9 Å². The number of aromatic nitrogens is 2. The molecule has 2 N–H and O–H groups in total. The maximum atomic E-state index is 12.3. The third kappa shape index (κ3) is 4.05. The number of methoxy groups -OCH3 is 1. The maximum absolute atomic E-state index is 12.3. The number of amides is 1. The molecule has 1 saturated heterocycles. The van der Waals surface area contributed by atoms with E-state index in [0.29, 0.717) is 37.6 Å². The summed E-state index contributed by atoms with van der Waals surface area (Å²) in [4.78, 5) is 30.9. The van der Waals surface area contributed by atoms with Gasteiger partial charge in [-0.25, -0.2) is 9.78 Å². The summed E-state index contributed by atoms with van der Waals surface area (Å²) in [5, 5.41) is 2.76. The molecule has 8 nitrogen and oxygen atoms in total. The van der Waals surface area contributed by atoms with Crippen molar-refractivity contribution >= 4 is 17.7 Å². The Labute approximate surface area is 128 Å². The lowest BCUT2D eigenvalue weighted by molar-refractivity contribution is -0.122. The summed E-state index contributed by atoms with van der Waals surface area (Å²) in [6.07, 6.45) is 1.36. The van der Waals surface area contributed by atoms with Crippen molar-refractivity contribution in [1.82, 2.24) is 9.97 Å². The van der Waals surface area contributed by atoms with Gasteiger partial charge in [-0.05, 0) is 19.8 Å². The van der Waals surface area contributed by atoms with Crippen LogP contribution in [-0.2, 0) is 25.6 Å².